The van der Waals surface area contributed by atoms with Gasteiger partial charge in [-0.05, 0) is 70.8 Å². The van der Waals surface area contributed by atoms with E-state index in [0.29, 0.717) is 12.8 Å². The van der Waals surface area contributed by atoms with E-state index in [1.165, 1.54) is 0 Å². The van der Waals surface area contributed by atoms with Gasteiger partial charge in [0.05, 0.1) is 13.0 Å². The van der Waals surface area contributed by atoms with Crippen molar-refractivity contribution in [1.82, 2.24) is 0 Å². The maximum Gasteiger partial charge on any atom is 0.307 e. The van der Waals surface area contributed by atoms with Gasteiger partial charge in [-0.3, -0.25) is 4.79 Å². The largest absolute Gasteiger partial charge is 0.497 e. The van der Waals surface area contributed by atoms with Crippen LogP contribution in [-0.4, -0.2) is 18.2 Å². The molecule has 2 aromatic carbocycles. The van der Waals surface area contributed by atoms with E-state index in [1.54, 1.807) is 7.11 Å². The lowest BCUT2D eigenvalue weighted by molar-refractivity contribution is -0.141. The van der Waals surface area contributed by atoms with Crippen molar-refractivity contribution >= 4 is 28.6 Å². The second kappa shape index (κ2) is 7.45. The van der Waals surface area contributed by atoms with E-state index in [-0.39, 0.29) is 0 Å². The number of aliphatic carboxylic acids is 1. The molecule has 1 atom stereocenters. The number of carboxylic acid groups (broad SMARTS) is 1. The molecule has 2 aromatic rings. The van der Waals surface area contributed by atoms with Crippen molar-refractivity contribution in [3.8, 4) is 5.75 Å². The highest BCUT2D eigenvalue weighted by molar-refractivity contribution is 14.1. The first-order valence-corrected chi connectivity index (χ1v) is 7.76. The van der Waals surface area contributed by atoms with Crippen LogP contribution in [0.5, 0.6) is 5.75 Å². The van der Waals surface area contributed by atoms with Crippen molar-refractivity contribution in [1.29, 1.82) is 0 Å². The molecule has 0 aromatic heterocycles. The van der Waals surface area contributed by atoms with Crippen LogP contribution in [0.15, 0.2) is 48.5 Å². The third kappa shape index (κ3) is 4.74. The van der Waals surface area contributed by atoms with E-state index < -0.39 is 11.9 Å². The molecule has 0 saturated heterocycles. The fraction of sp³-hybridized carbons (Fsp3) is 0.235. The molecule has 0 aliphatic rings. The van der Waals surface area contributed by atoms with Gasteiger partial charge >= 0.3 is 5.97 Å². The summed E-state index contributed by atoms with van der Waals surface area (Å²) in [5.74, 6) is -0.397. The molecule has 0 radical (unpaired) electrons. The average Bonchev–Trinajstić information content (AvgIpc) is 2.49. The Kier molecular flexibility index (Phi) is 5.61. The van der Waals surface area contributed by atoms with Crippen molar-refractivity contribution in [2.24, 2.45) is 5.92 Å². The second-order valence-corrected chi connectivity index (χ2v) is 6.16. The molecule has 0 aliphatic carbocycles. The number of hydrogen-bond acceptors (Lipinski definition) is 2. The number of carbonyl (C=O) groups is 1. The molecular formula is C17H17IO3. The normalized spacial score (nSPS) is 11.9. The zero-order chi connectivity index (χ0) is 15.2. The molecule has 0 amide bonds. The first-order valence-electron chi connectivity index (χ1n) is 6.68. The molecule has 0 saturated carbocycles. The van der Waals surface area contributed by atoms with E-state index >= 15 is 0 Å². The quantitative estimate of drug-likeness (QED) is 0.756. The van der Waals surface area contributed by atoms with E-state index in [4.69, 9.17) is 4.74 Å². The molecule has 2 rings (SSSR count). The van der Waals surface area contributed by atoms with Crippen LogP contribution < -0.4 is 4.74 Å². The lowest BCUT2D eigenvalue weighted by Crippen LogP contribution is -2.19. The summed E-state index contributed by atoms with van der Waals surface area (Å²) in [6, 6.07) is 15.5. The minimum Gasteiger partial charge on any atom is -0.497 e. The van der Waals surface area contributed by atoms with Crippen molar-refractivity contribution in [2.75, 3.05) is 7.11 Å². The van der Waals surface area contributed by atoms with E-state index in [0.717, 1.165) is 20.4 Å². The summed E-state index contributed by atoms with van der Waals surface area (Å²) in [5, 5.41) is 9.43. The van der Waals surface area contributed by atoms with Crippen LogP contribution in [0.4, 0.5) is 0 Å². The number of halogens is 1. The Morgan fingerprint density at radius 1 is 1.05 bits per heavy atom. The number of carboxylic acids is 1. The van der Waals surface area contributed by atoms with Gasteiger partial charge in [-0.15, -0.1) is 0 Å². The number of benzene rings is 2. The predicted molar refractivity (Wildman–Crippen MR) is 90.7 cm³/mol. The molecule has 0 heterocycles. The van der Waals surface area contributed by atoms with Gasteiger partial charge in [-0.25, -0.2) is 0 Å². The van der Waals surface area contributed by atoms with Crippen LogP contribution in [0.2, 0.25) is 0 Å². The first kappa shape index (κ1) is 15.8. The Bertz CT molecular complexity index is 590. The zero-order valence-corrected chi connectivity index (χ0v) is 13.9. The molecule has 110 valence electrons. The second-order valence-electron chi connectivity index (χ2n) is 4.92. The zero-order valence-electron chi connectivity index (χ0n) is 11.8. The van der Waals surface area contributed by atoms with E-state index in [1.807, 2.05) is 48.5 Å². The minimum absolute atomic E-state index is 0.418. The topological polar surface area (TPSA) is 46.5 Å². The summed E-state index contributed by atoms with van der Waals surface area (Å²) >= 11 is 2.24. The van der Waals surface area contributed by atoms with Crippen molar-refractivity contribution < 1.29 is 14.6 Å². The summed E-state index contributed by atoms with van der Waals surface area (Å²) in [6.07, 6.45) is 1.06. The monoisotopic (exact) mass is 396 g/mol. The fourth-order valence-corrected chi connectivity index (χ4v) is 2.56. The van der Waals surface area contributed by atoms with Crippen LogP contribution in [0.1, 0.15) is 11.1 Å². The molecule has 1 N–H and O–H groups in total. The van der Waals surface area contributed by atoms with Gasteiger partial charge in [0.1, 0.15) is 5.75 Å². The van der Waals surface area contributed by atoms with Crippen LogP contribution in [0.25, 0.3) is 0 Å². The van der Waals surface area contributed by atoms with Crippen LogP contribution in [0.3, 0.4) is 0 Å². The maximum atomic E-state index is 11.5. The molecule has 0 bridgehead atoms. The minimum atomic E-state index is -0.760. The highest BCUT2D eigenvalue weighted by atomic mass is 127. The molecule has 0 fully saturated rings. The van der Waals surface area contributed by atoms with Gasteiger partial charge in [0.25, 0.3) is 0 Å². The fourth-order valence-electron chi connectivity index (χ4n) is 2.20. The molecule has 21 heavy (non-hydrogen) atoms. The Balaban J connectivity index is 2.07. The summed E-state index contributed by atoms with van der Waals surface area (Å²) in [5.41, 5.74) is 2.06. The summed E-state index contributed by atoms with van der Waals surface area (Å²) in [6.45, 7) is 0. The van der Waals surface area contributed by atoms with Gasteiger partial charge in [-0.2, -0.15) is 0 Å². The Hall–Kier alpha value is -1.56. The van der Waals surface area contributed by atoms with E-state index in [2.05, 4.69) is 22.6 Å². The molecule has 0 aliphatic heterocycles. The number of ether oxygens (including phenoxy) is 1. The summed E-state index contributed by atoms with van der Waals surface area (Å²) < 4.78 is 6.26. The van der Waals surface area contributed by atoms with Gasteiger partial charge in [-0.1, -0.05) is 24.3 Å². The lowest BCUT2D eigenvalue weighted by Gasteiger charge is -2.13. The van der Waals surface area contributed by atoms with Gasteiger partial charge < -0.3 is 9.84 Å². The molecule has 1 unspecified atom stereocenters. The first-order chi connectivity index (χ1) is 10.1. The highest BCUT2D eigenvalue weighted by Gasteiger charge is 2.18. The standard InChI is InChI=1S/C17H17IO3/c1-21-16-8-4-13(5-9-16)11-14(17(19)20)10-12-2-6-15(18)7-3-12/h2-9,14H,10-11H2,1H3,(H,19,20). The van der Waals surface area contributed by atoms with Crippen LogP contribution >= 0.6 is 22.6 Å². The Labute approximate surface area is 138 Å². The third-order valence-electron chi connectivity index (χ3n) is 3.39. The van der Waals surface area contributed by atoms with Crippen molar-refractivity contribution in [3.05, 3.63) is 63.2 Å². The third-order valence-corrected chi connectivity index (χ3v) is 4.10. The SMILES string of the molecule is COc1ccc(CC(Cc2ccc(I)cc2)C(=O)O)cc1. The Morgan fingerprint density at radius 2 is 1.52 bits per heavy atom. The van der Waals surface area contributed by atoms with Crippen molar-refractivity contribution in [2.45, 2.75) is 12.8 Å². The highest BCUT2D eigenvalue weighted by Crippen LogP contribution is 2.18. The lowest BCUT2D eigenvalue weighted by atomic mass is 9.92. The summed E-state index contributed by atoms with van der Waals surface area (Å²) in [7, 11) is 1.62. The number of rotatable bonds is 6. The Morgan fingerprint density at radius 3 is 1.95 bits per heavy atom. The molecular weight excluding hydrogens is 379 g/mol. The number of methoxy groups -OCH3 is 1. The maximum absolute atomic E-state index is 11.5. The van der Waals surface area contributed by atoms with E-state index in [9.17, 15) is 9.90 Å². The molecule has 4 heteroatoms. The van der Waals surface area contributed by atoms with Gasteiger partial charge in [0.2, 0.25) is 0 Å². The van der Waals surface area contributed by atoms with Crippen LogP contribution in [-0.2, 0) is 17.6 Å². The number of hydrogen-bond donors (Lipinski definition) is 1. The van der Waals surface area contributed by atoms with Crippen LogP contribution in [0, 0.1) is 9.49 Å². The molecule has 0 spiro atoms. The molecule has 3 nitrogen and oxygen atoms in total. The summed E-state index contributed by atoms with van der Waals surface area (Å²) in [4.78, 5) is 11.5. The predicted octanol–water partition coefficient (Wildman–Crippen LogP) is 3.79. The smallest absolute Gasteiger partial charge is 0.307 e. The average molecular weight is 396 g/mol. The van der Waals surface area contributed by atoms with Gasteiger partial charge in [0.15, 0.2) is 0 Å². The van der Waals surface area contributed by atoms with Gasteiger partial charge in [0, 0.05) is 3.57 Å². The van der Waals surface area contributed by atoms with Crippen molar-refractivity contribution in [3.63, 3.8) is 0 Å².